The Morgan fingerprint density at radius 1 is 1.62 bits per heavy atom. The summed E-state index contributed by atoms with van der Waals surface area (Å²) < 4.78 is 1.99. The summed E-state index contributed by atoms with van der Waals surface area (Å²) in [5, 5.41) is 0.589. The molecule has 0 unspecified atom stereocenters. The Morgan fingerprint density at radius 2 is 2.38 bits per heavy atom. The van der Waals surface area contributed by atoms with Crippen molar-refractivity contribution in [2.75, 3.05) is 0 Å². The highest BCUT2D eigenvalue weighted by atomic mass is 35.5. The fraction of sp³-hybridized carbons (Fsp3) is 0.300. The van der Waals surface area contributed by atoms with E-state index in [1.165, 1.54) is 0 Å². The average Bonchev–Trinajstić information content (AvgIpc) is 2.50. The van der Waals surface area contributed by atoms with E-state index >= 15 is 0 Å². The fourth-order valence-corrected chi connectivity index (χ4v) is 1.83. The first-order valence-electron chi connectivity index (χ1n) is 4.84. The predicted octanol–water partition coefficient (Wildman–Crippen LogP) is 2.07. The summed E-state index contributed by atoms with van der Waals surface area (Å²) in [6.07, 6.45) is 2.26. The van der Waals surface area contributed by atoms with Crippen LogP contribution in [0.1, 0.15) is 12.2 Å². The van der Waals surface area contributed by atoms with E-state index in [0.717, 1.165) is 17.0 Å². The Morgan fingerprint density at radius 3 is 3.06 bits per heavy atom. The standard InChI is InChI=1S/C10H11ClN4S/c1-6-14-8-4-7(11)5-13-10(8)15(6)3-2-9(12)16/h4-5H,2-3H2,1H3,(H2,12,16). The Balaban J connectivity index is 2.43. The largest absolute Gasteiger partial charge is 0.393 e. The third-order valence-electron chi connectivity index (χ3n) is 2.32. The van der Waals surface area contributed by atoms with Crippen LogP contribution in [-0.4, -0.2) is 19.5 Å². The second-order valence-electron chi connectivity index (χ2n) is 3.52. The van der Waals surface area contributed by atoms with Gasteiger partial charge in [-0.05, 0) is 13.0 Å². The van der Waals surface area contributed by atoms with Crippen molar-refractivity contribution in [3.8, 4) is 0 Å². The number of thiocarbonyl (C=S) groups is 1. The van der Waals surface area contributed by atoms with Crippen LogP contribution in [0.25, 0.3) is 11.2 Å². The molecule has 0 saturated heterocycles. The number of hydrogen-bond donors (Lipinski definition) is 1. The maximum Gasteiger partial charge on any atom is 0.160 e. The molecule has 0 fully saturated rings. The lowest BCUT2D eigenvalue weighted by Crippen LogP contribution is -2.12. The molecule has 0 bridgehead atoms. The van der Waals surface area contributed by atoms with Crippen molar-refractivity contribution in [3.05, 3.63) is 23.1 Å². The lowest BCUT2D eigenvalue weighted by atomic mass is 10.4. The van der Waals surface area contributed by atoms with E-state index in [9.17, 15) is 0 Å². The molecular weight excluding hydrogens is 244 g/mol. The molecule has 0 saturated carbocycles. The van der Waals surface area contributed by atoms with E-state index in [1.807, 2.05) is 11.5 Å². The van der Waals surface area contributed by atoms with E-state index in [4.69, 9.17) is 29.6 Å². The molecule has 2 rings (SSSR count). The molecule has 0 radical (unpaired) electrons. The zero-order valence-corrected chi connectivity index (χ0v) is 10.3. The predicted molar refractivity (Wildman–Crippen MR) is 68.7 cm³/mol. The van der Waals surface area contributed by atoms with Crippen LogP contribution in [0.5, 0.6) is 0 Å². The molecule has 0 atom stereocenters. The van der Waals surface area contributed by atoms with E-state index in [1.54, 1.807) is 12.3 Å². The molecule has 0 spiro atoms. The van der Waals surface area contributed by atoms with Crippen LogP contribution in [-0.2, 0) is 6.54 Å². The molecule has 0 aromatic carbocycles. The lowest BCUT2D eigenvalue weighted by molar-refractivity contribution is 0.714. The molecule has 0 aliphatic heterocycles. The van der Waals surface area contributed by atoms with Crippen molar-refractivity contribution in [1.29, 1.82) is 0 Å². The van der Waals surface area contributed by atoms with Crippen LogP contribution in [0.2, 0.25) is 5.02 Å². The van der Waals surface area contributed by atoms with Crippen molar-refractivity contribution in [3.63, 3.8) is 0 Å². The summed E-state index contributed by atoms with van der Waals surface area (Å²) in [5.41, 5.74) is 7.10. The van der Waals surface area contributed by atoms with Gasteiger partial charge in [-0.3, -0.25) is 0 Å². The van der Waals surface area contributed by atoms with Gasteiger partial charge in [-0.2, -0.15) is 0 Å². The maximum absolute atomic E-state index is 5.86. The highest BCUT2D eigenvalue weighted by Gasteiger charge is 2.08. The molecule has 6 heteroatoms. The minimum absolute atomic E-state index is 0.496. The van der Waals surface area contributed by atoms with E-state index < -0.39 is 0 Å². The van der Waals surface area contributed by atoms with Crippen LogP contribution in [0.4, 0.5) is 0 Å². The molecule has 2 N–H and O–H groups in total. The topological polar surface area (TPSA) is 56.7 Å². The molecule has 0 amide bonds. The van der Waals surface area contributed by atoms with Gasteiger partial charge in [0.15, 0.2) is 5.65 Å². The van der Waals surface area contributed by atoms with Gasteiger partial charge in [0.2, 0.25) is 0 Å². The molecule has 84 valence electrons. The molecule has 2 heterocycles. The van der Waals surface area contributed by atoms with Crippen LogP contribution in [0, 0.1) is 6.92 Å². The number of rotatable bonds is 3. The molecule has 2 aromatic rings. The number of aryl methyl sites for hydroxylation is 2. The number of nitrogens with two attached hydrogens (primary N) is 1. The van der Waals surface area contributed by atoms with Gasteiger partial charge in [0.05, 0.1) is 10.0 Å². The lowest BCUT2D eigenvalue weighted by Gasteiger charge is -2.04. The quantitative estimate of drug-likeness (QED) is 0.852. The fourth-order valence-electron chi connectivity index (χ4n) is 1.59. The first-order chi connectivity index (χ1) is 7.58. The Bertz CT molecular complexity index is 549. The van der Waals surface area contributed by atoms with Crippen molar-refractivity contribution in [2.24, 2.45) is 5.73 Å². The van der Waals surface area contributed by atoms with Crippen LogP contribution < -0.4 is 5.73 Å². The number of pyridine rings is 1. The maximum atomic E-state index is 5.86. The second-order valence-corrected chi connectivity index (χ2v) is 4.48. The van der Waals surface area contributed by atoms with Crippen molar-refractivity contribution >= 4 is 40.0 Å². The monoisotopic (exact) mass is 254 g/mol. The minimum Gasteiger partial charge on any atom is -0.393 e. The summed E-state index contributed by atoms with van der Waals surface area (Å²) in [6, 6.07) is 1.80. The van der Waals surface area contributed by atoms with Crippen molar-refractivity contribution in [2.45, 2.75) is 19.9 Å². The minimum atomic E-state index is 0.496. The summed E-state index contributed by atoms with van der Waals surface area (Å²) in [7, 11) is 0. The Labute approximate surface area is 103 Å². The number of hydrogen-bond acceptors (Lipinski definition) is 3. The van der Waals surface area contributed by atoms with Gasteiger partial charge < -0.3 is 10.3 Å². The highest BCUT2D eigenvalue weighted by Crippen LogP contribution is 2.17. The number of aromatic nitrogens is 3. The first kappa shape index (κ1) is 11.3. The summed E-state index contributed by atoms with van der Waals surface area (Å²) in [5.74, 6) is 0.890. The van der Waals surface area contributed by atoms with Gasteiger partial charge in [-0.25, -0.2) is 9.97 Å². The number of nitrogens with zero attached hydrogens (tertiary/aromatic N) is 3. The van der Waals surface area contributed by atoms with Gasteiger partial charge in [0, 0.05) is 19.2 Å². The first-order valence-corrected chi connectivity index (χ1v) is 5.63. The Hall–Kier alpha value is -1.20. The average molecular weight is 255 g/mol. The van der Waals surface area contributed by atoms with Crippen LogP contribution >= 0.6 is 23.8 Å². The molecular formula is C10H11ClN4S. The van der Waals surface area contributed by atoms with Gasteiger partial charge in [-0.15, -0.1) is 0 Å². The van der Waals surface area contributed by atoms with Crippen molar-refractivity contribution < 1.29 is 0 Å². The zero-order chi connectivity index (χ0) is 11.7. The van der Waals surface area contributed by atoms with Crippen LogP contribution in [0.15, 0.2) is 12.3 Å². The van der Waals surface area contributed by atoms with E-state index in [-0.39, 0.29) is 0 Å². The third kappa shape index (κ3) is 2.15. The SMILES string of the molecule is Cc1nc2cc(Cl)cnc2n1CCC(N)=S. The van der Waals surface area contributed by atoms with Gasteiger partial charge >= 0.3 is 0 Å². The molecule has 4 nitrogen and oxygen atoms in total. The molecule has 0 aliphatic carbocycles. The molecule has 16 heavy (non-hydrogen) atoms. The van der Waals surface area contributed by atoms with Crippen LogP contribution in [0.3, 0.4) is 0 Å². The molecule has 2 aromatic heterocycles. The van der Waals surface area contributed by atoms with Crippen molar-refractivity contribution in [1.82, 2.24) is 14.5 Å². The van der Waals surface area contributed by atoms with Gasteiger partial charge in [0.1, 0.15) is 11.3 Å². The second kappa shape index (κ2) is 4.35. The summed E-state index contributed by atoms with van der Waals surface area (Å²) in [6.45, 7) is 2.63. The Kier molecular flexibility index (Phi) is 3.07. The normalized spacial score (nSPS) is 10.9. The van der Waals surface area contributed by atoms with E-state index in [0.29, 0.717) is 23.0 Å². The zero-order valence-electron chi connectivity index (χ0n) is 8.77. The van der Waals surface area contributed by atoms with Gasteiger partial charge in [0.25, 0.3) is 0 Å². The third-order valence-corrected chi connectivity index (χ3v) is 2.74. The van der Waals surface area contributed by atoms with E-state index in [2.05, 4.69) is 9.97 Å². The number of imidazole rings is 1. The summed E-state index contributed by atoms with van der Waals surface area (Å²) >= 11 is 10.7. The van der Waals surface area contributed by atoms with Gasteiger partial charge in [-0.1, -0.05) is 23.8 Å². The smallest absolute Gasteiger partial charge is 0.160 e. The highest BCUT2D eigenvalue weighted by molar-refractivity contribution is 7.80. The number of fused-ring (bicyclic) bond motifs is 1. The summed E-state index contributed by atoms with van der Waals surface area (Å²) in [4.78, 5) is 9.14. The molecule has 0 aliphatic rings. The number of halogens is 1.